The van der Waals surface area contributed by atoms with E-state index >= 15 is 0 Å². The second kappa shape index (κ2) is 10.8. The Labute approximate surface area is 193 Å². The molecule has 8 heteroatoms. The van der Waals surface area contributed by atoms with Crippen LogP contribution in [0.3, 0.4) is 0 Å². The quantitative estimate of drug-likeness (QED) is 0.174. The molecule has 0 fully saturated rings. The first kappa shape index (κ1) is 24.1. The predicted octanol–water partition coefficient (Wildman–Crippen LogP) is 6.11. The third-order valence-corrected chi connectivity index (χ3v) is 4.45. The van der Waals surface area contributed by atoms with Crippen molar-refractivity contribution in [1.29, 1.82) is 0 Å². The molecule has 0 spiro atoms. The zero-order valence-corrected chi connectivity index (χ0v) is 17.6. The SMILES string of the molecule is C=CC(=O)O/C=C\Oc1ccc(-c2ccc(-c3ccc(OC(=O)C=C)c(F)c3)c(F)c2)c(F)c1. The Morgan fingerprint density at radius 1 is 0.706 bits per heavy atom. The van der Waals surface area contributed by atoms with Gasteiger partial charge in [-0.05, 0) is 41.5 Å². The Morgan fingerprint density at radius 2 is 1.29 bits per heavy atom. The summed E-state index contributed by atoms with van der Waals surface area (Å²) in [5.41, 5.74) is 0.632. The third-order valence-electron chi connectivity index (χ3n) is 4.45. The lowest BCUT2D eigenvalue weighted by atomic mass is 9.99. The molecule has 0 atom stereocenters. The maximum absolute atomic E-state index is 14.8. The smallest absolute Gasteiger partial charge is 0.335 e. The van der Waals surface area contributed by atoms with Crippen molar-refractivity contribution in [2.24, 2.45) is 0 Å². The minimum Gasteiger partial charge on any atom is -0.462 e. The van der Waals surface area contributed by atoms with Gasteiger partial charge in [0.05, 0.1) is 0 Å². The fourth-order valence-electron chi connectivity index (χ4n) is 2.87. The Morgan fingerprint density at radius 3 is 1.88 bits per heavy atom. The largest absolute Gasteiger partial charge is 0.462 e. The molecule has 3 aromatic carbocycles. The van der Waals surface area contributed by atoms with Gasteiger partial charge in [-0.2, -0.15) is 0 Å². The molecule has 0 saturated heterocycles. The standard InChI is InChI=1S/C26H17F3O5/c1-3-25(30)33-12-11-32-18-7-9-20(22(28)15-18)16-5-8-19(21(27)13-16)17-6-10-24(23(29)14-17)34-26(31)4-2/h3-15H,1-2H2/b12-11-. The Balaban J connectivity index is 1.79. The number of benzene rings is 3. The van der Waals surface area contributed by atoms with E-state index in [1.807, 2.05) is 0 Å². The fraction of sp³-hybridized carbons (Fsp3) is 0. The molecular weight excluding hydrogens is 449 g/mol. The lowest BCUT2D eigenvalue weighted by Crippen LogP contribution is -2.04. The zero-order valence-electron chi connectivity index (χ0n) is 17.6. The molecule has 3 aromatic rings. The van der Waals surface area contributed by atoms with Crippen molar-refractivity contribution in [3.8, 4) is 33.8 Å². The van der Waals surface area contributed by atoms with Gasteiger partial charge in [-0.3, -0.25) is 0 Å². The van der Waals surface area contributed by atoms with Crippen LogP contribution in [0.25, 0.3) is 22.3 Å². The molecule has 0 saturated carbocycles. The molecule has 34 heavy (non-hydrogen) atoms. The van der Waals surface area contributed by atoms with Crippen LogP contribution in [0.1, 0.15) is 0 Å². The summed E-state index contributed by atoms with van der Waals surface area (Å²) in [5.74, 6) is -3.94. The highest BCUT2D eigenvalue weighted by molar-refractivity contribution is 5.83. The molecule has 0 aliphatic heterocycles. The first-order valence-corrected chi connectivity index (χ1v) is 9.70. The second-order valence-electron chi connectivity index (χ2n) is 6.64. The molecule has 5 nitrogen and oxygen atoms in total. The first-order chi connectivity index (χ1) is 16.3. The summed E-state index contributed by atoms with van der Waals surface area (Å²) >= 11 is 0. The molecule has 0 heterocycles. The normalized spacial score (nSPS) is 10.6. The number of esters is 2. The zero-order chi connectivity index (χ0) is 24.7. The Hall–Kier alpha value is -4.59. The van der Waals surface area contributed by atoms with Crippen molar-refractivity contribution in [2.45, 2.75) is 0 Å². The monoisotopic (exact) mass is 466 g/mol. The van der Waals surface area contributed by atoms with E-state index in [0.29, 0.717) is 0 Å². The second-order valence-corrected chi connectivity index (χ2v) is 6.64. The summed E-state index contributed by atoms with van der Waals surface area (Å²) in [5, 5.41) is 0. The minimum atomic E-state index is -0.855. The van der Waals surface area contributed by atoms with Gasteiger partial charge in [0, 0.05) is 29.3 Å². The van der Waals surface area contributed by atoms with E-state index in [1.54, 1.807) is 0 Å². The molecule has 0 N–H and O–H groups in total. The molecule has 0 aliphatic carbocycles. The van der Waals surface area contributed by atoms with Crippen molar-refractivity contribution < 1.29 is 37.0 Å². The number of rotatable bonds is 8. The maximum atomic E-state index is 14.8. The van der Waals surface area contributed by atoms with Gasteiger partial charge < -0.3 is 14.2 Å². The maximum Gasteiger partial charge on any atom is 0.335 e. The van der Waals surface area contributed by atoms with Crippen molar-refractivity contribution in [1.82, 2.24) is 0 Å². The number of hydrogen-bond donors (Lipinski definition) is 0. The van der Waals surface area contributed by atoms with Gasteiger partial charge in [-0.15, -0.1) is 0 Å². The average molecular weight is 466 g/mol. The number of carbonyl (C=O) groups excluding carboxylic acids is 2. The molecule has 0 aliphatic rings. The predicted molar refractivity (Wildman–Crippen MR) is 119 cm³/mol. The molecule has 0 unspecified atom stereocenters. The van der Waals surface area contributed by atoms with Crippen molar-refractivity contribution >= 4 is 11.9 Å². The number of hydrogen-bond acceptors (Lipinski definition) is 5. The van der Waals surface area contributed by atoms with Crippen molar-refractivity contribution in [3.05, 3.63) is 110 Å². The lowest BCUT2D eigenvalue weighted by Gasteiger charge is -2.10. The van der Waals surface area contributed by atoms with Crippen LogP contribution >= 0.6 is 0 Å². The summed E-state index contributed by atoms with van der Waals surface area (Å²) < 4.78 is 58.1. The van der Waals surface area contributed by atoms with E-state index in [2.05, 4.69) is 17.9 Å². The highest BCUT2D eigenvalue weighted by Gasteiger charge is 2.14. The van der Waals surface area contributed by atoms with Crippen molar-refractivity contribution in [3.63, 3.8) is 0 Å². The number of ether oxygens (including phenoxy) is 3. The fourth-order valence-corrected chi connectivity index (χ4v) is 2.87. The number of halogens is 3. The molecule has 172 valence electrons. The first-order valence-electron chi connectivity index (χ1n) is 9.70. The summed E-state index contributed by atoms with van der Waals surface area (Å²) in [7, 11) is 0. The van der Waals surface area contributed by atoms with Crippen LogP contribution in [0.15, 0.2) is 92.4 Å². The van der Waals surface area contributed by atoms with Gasteiger partial charge in [0.25, 0.3) is 0 Å². The van der Waals surface area contributed by atoms with Gasteiger partial charge in [-0.25, -0.2) is 22.8 Å². The van der Waals surface area contributed by atoms with Crippen LogP contribution in [0, 0.1) is 17.5 Å². The van der Waals surface area contributed by atoms with Crippen LogP contribution in [-0.4, -0.2) is 11.9 Å². The van der Waals surface area contributed by atoms with Gasteiger partial charge in [0.2, 0.25) is 0 Å². The van der Waals surface area contributed by atoms with Gasteiger partial charge in [-0.1, -0.05) is 31.4 Å². The minimum absolute atomic E-state index is 0.0730. The molecule has 0 aromatic heterocycles. The molecule has 0 amide bonds. The van der Waals surface area contributed by atoms with Crippen LogP contribution in [0.2, 0.25) is 0 Å². The molecular formula is C26H17F3O5. The lowest BCUT2D eigenvalue weighted by molar-refractivity contribution is -0.132. The van der Waals surface area contributed by atoms with E-state index in [9.17, 15) is 22.8 Å². The molecule has 3 rings (SSSR count). The Bertz CT molecular complexity index is 1300. The summed E-state index contributed by atoms with van der Waals surface area (Å²) in [6.07, 6.45) is 3.88. The van der Waals surface area contributed by atoms with E-state index in [1.165, 1.54) is 36.4 Å². The highest BCUT2D eigenvalue weighted by atomic mass is 19.1. The van der Waals surface area contributed by atoms with Gasteiger partial charge in [0.1, 0.15) is 29.9 Å². The van der Waals surface area contributed by atoms with E-state index in [4.69, 9.17) is 9.47 Å². The van der Waals surface area contributed by atoms with E-state index in [-0.39, 0.29) is 33.8 Å². The van der Waals surface area contributed by atoms with Crippen LogP contribution in [-0.2, 0) is 14.3 Å². The Kier molecular flexibility index (Phi) is 7.66. The van der Waals surface area contributed by atoms with Crippen LogP contribution in [0.5, 0.6) is 11.5 Å². The topological polar surface area (TPSA) is 61.8 Å². The number of carbonyl (C=O) groups is 2. The van der Waals surface area contributed by atoms with Gasteiger partial charge in [0.15, 0.2) is 11.6 Å². The summed E-state index contributed by atoms with van der Waals surface area (Å²) in [4.78, 5) is 22.2. The third kappa shape index (κ3) is 5.80. The average Bonchev–Trinajstić information content (AvgIpc) is 2.82. The van der Waals surface area contributed by atoms with Crippen LogP contribution < -0.4 is 9.47 Å². The van der Waals surface area contributed by atoms with E-state index in [0.717, 1.165) is 42.9 Å². The molecule has 0 bridgehead atoms. The summed E-state index contributed by atoms with van der Waals surface area (Å²) in [6, 6.07) is 11.5. The van der Waals surface area contributed by atoms with Crippen molar-refractivity contribution in [2.75, 3.05) is 0 Å². The summed E-state index contributed by atoms with van der Waals surface area (Å²) in [6.45, 7) is 6.46. The highest BCUT2D eigenvalue weighted by Crippen LogP contribution is 2.32. The van der Waals surface area contributed by atoms with Crippen LogP contribution in [0.4, 0.5) is 13.2 Å². The molecule has 0 radical (unpaired) electrons. The van der Waals surface area contributed by atoms with Gasteiger partial charge >= 0.3 is 11.9 Å². The van der Waals surface area contributed by atoms with E-state index < -0.39 is 29.4 Å².